The van der Waals surface area contributed by atoms with Crippen molar-refractivity contribution in [2.24, 2.45) is 0 Å². The average Bonchev–Trinajstić information content (AvgIpc) is 0.771. The highest BCUT2D eigenvalue weighted by molar-refractivity contribution is 5.74. The van der Waals surface area contributed by atoms with E-state index in [2.05, 4.69) is 21.3 Å². The molecule has 8 fully saturated rings. The summed E-state index contributed by atoms with van der Waals surface area (Å²) in [5.74, 6) is -3.56. The molecule has 0 aromatic rings. The smallest absolute Gasteiger partial charge is 0.217 e. The van der Waals surface area contributed by atoms with Crippen molar-refractivity contribution in [3.63, 3.8) is 0 Å². The van der Waals surface area contributed by atoms with Crippen molar-refractivity contribution in [1.82, 2.24) is 21.3 Å². The van der Waals surface area contributed by atoms with Crippen LogP contribution in [-0.2, 0) is 90.2 Å². The fourth-order valence-corrected chi connectivity index (χ4v) is 12.8. The van der Waals surface area contributed by atoms with Crippen molar-refractivity contribution >= 4 is 23.6 Å². The quantitative estimate of drug-likeness (QED) is 0.0404. The Morgan fingerprint density at radius 3 is 1.07 bits per heavy atom. The molecule has 25 N–H and O–H groups in total. The van der Waals surface area contributed by atoms with Crippen molar-refractivity contribution in [2.75, 3.05) is 46.2 Å². The van der Waals surface area contributed by atoms with Crippen LogP contribution in [0.1, 0.15) is 34.6 Å². The second-order valence-electron chi connectivity index (χ2n) is 25.4. The standard InChI is InChI=1S/C56H94N4O40/c1-13-29(70)38(79)41(82)53(88-13)86-11-23-45(36(77)25(49(85)89-23)57-14(2)66)96-52-28(60-17(5)69)37(78)44(22(10-65)94-52)97-55-43(84)47(99-56-48(40(81)33(74)21(9-64)93-56)100-51-27(59-16(4)68)35(76)31(72)19(7-62)91-51)46(98-50-26(58-15(3)67)34(75)30(71)18(6-61)90-50)24(95-55)12-87-54-42(83)39(80)32(73)20(8-63)92-54/h13,18-56,61-65,70-85H,6-12H2,1-5H3,(H,57,66)(H,58,67)(H,59,68)(H,60,69)/t13-,18+,19+,20+,21+,22+,23+,24+,25+,26+,27+,28+,29+,30+,31+,32+,33+,34+,35+,36+,37+,38+,39-,40-,41-,42-,43-,44+,45+,46+,47+,48-,49?,50-,51-,52-,53+,54-,55-,56+/m0/s1. The highest BCUT2D eigenvalue weighted by Gasteiger charge is 2.60. The molecule has 8 heterocycles. The van der Waals surface area contributed by atoms with E-state index in [1.165, 1.54) is 6.92 Å². The third kappa shape index (κ3) is 18.3. The fourth-order valence-electron chi connectivity index (χ4n) is 12.8. The van der Waals surface area contributed by atoms with Crippen LogP contribution >= 0.6 is 0 Å². The first kappa shape index (κ1) is 82.1. The van der Waals surface area contributed by atoms with Crippen LogP contribution in [0.4, 0.5) is 0 Å². The van der Waals surface area contributed by atoms with Gasteiger partial charge in [0.1, 0.15) is 189 Å². The lowest BCUT2D eigenvalue weighted by Gasteiger charge is -2.52. The number of hydrogen-bond acceptors (Lipinski definition) is 40. The molecule has 44 nitrogen and oxygen atoms in total. The zero-order valence-corrected chi connectivity index (χ0v) is 54.2. The molecule has 0 spiro atoms. The second-order valence-corrected chi connectivity index (χ2v) is 25.4. The van der Waals surface area contributed by atoms with Crippen molar-refractivity contribution < 1.29 is 197 Å². The van der Waals surface area contributed by atoms with E-state index in [0.717, 1.165) is 27.7 Å². The number of carbonyl (C=O) groups is 4. The van der Waals surface area contributed by atoms with Gasteiger partial charge < -0.3 is 200 Å². The average molecular weight is 1460 g/mol. The molecule has 0 bridgehead atoms. The predicted molar refractivity (Wildman–Crippen MR) is 309 cm³/mol. The molecule has 8 rings (SSSR count). The molecule has 0 aromatic carbocycles. The lowest BCUT2D eigenvalue weighted by Crippen LogP contribution is -2.71. The Labute approximate surface area is 567 Å². The van der Waals surface area contributed by atoms with Gasteiger partial charge in [0.2, 0.25) is 23.6 Å². The topological polar surface area (TPSA) is 680 Å². The Balaban J connectivity index is 1.21. The van der Waals surface area contributed by atoms with E-state index in [1.54, 1.807) is 0 Å². The summed E-state index contributed by atoms with van der Waals surface area (Å²) in [4.78, 5) is 50.9. The van der Waals surface area contributed by atoms with E-state index in [9.17, 15) is 126 Å². The molecule has 4 amide bonds. The van der Waals surface area contributed by atoms with Gasteiger partial charge in [-0.1, -0.05) is 0 Å². The van der Waals surface area contributed by atoms with Crippen LogP contribution < -0.4 is 21.3 Å². The van der Waals surface area contributed by atoms with Crippen LogP contribution in [0.3, 0.4) is 0 Å². The lowest BCUT2D eigenvalue weighted by molar-refractivity contribution is -0.406. The number of rotatable bonds is 25. The first-order chi connectivity index (χ1) is 47.2. The van der Waals surface area contributed by atoms with Gasteiger partial charge in [-0.2, -0.15) is 0 Å². The summed E-state index contributed by atoms with van der Waals surface area (Å²) in [6.07, 6.45) is -73.0. The number of ether oxygens (including phenoxy) is 15. The zero-order valence-electron chi connectivity index (χ0n) is 54.2. The van der Waals surface area contributed by atoms with Crippen molar-refractivity contribution in [2.45, 2.75) is 280 Å². The summed E-state index contributed by atoms with van der Waals surface area (Å²) in [7, 11) is 0. The van der Waals surface area contributed by atoms with E-state index >= 15 is 0 Å². The number of hydrogen-bond donors (Lipinski definition) is 25. The maximum absolute atomic E-state index is 13.2. The number of carbonyl (C=O) groups excluding carboxylic acids is 4. The first-order valence-corrected chi connectivity index (χ1v) is 32.0. The highest BCUT2D eigenvalue weighted by atomic mass is 16.8. The lowest BCUT2D eigenvalue weighted by atomic mass is 9.93. The molecule has 0 aliphatic carbocycles. The van der Waals surface area contributed by atoms with Crippen LogP contribution in [0.15, 0.2) is 0 Å². The van der Waals surface area contributed by atoms with Crippen LogP contribution in [0, 0.1) is 0 Å². The molecular formula is C56H94N4O40. The van der Waals surface area contributed by atoms with Gasteiger partial charge in [0.15, 0.2) is 50.3 Å². The summed E-state index contributed by atoms with van der Waals surface area (Å²) in [5, 5.41) is 242. The highest BCUT2D eigenvalue weighted by Crippen LogP contribution is 2.40. The summed E-state index contributed by atoms with van der Waals surface area (Å²) in [5.41, 5.74) is 0. The molecule has 0 radical (unpaired) electrons. The largest absolute Gasteiger partial charge is 0.394 e. The Kier molecular flexibility index (Phi) is 29.3. The normalized spacial score (nSPS) is 48.7. The maximum atomic E-state index is 13.2. The first-order valence-electron chi connectivity index (χ1n) is 32.0. The minimum absolute atomic E-state index is 0.817. The third-order valence-electron chi connectivity index (χ3n) is 18.2. The number of nitrogens with one attached hydrogen (secondary N) is 4. The molecule has 44 heteroatoms. The summed E-state index contributed by atoms with van der Waals surface area (Å²) in [6.45, 7) is -2.18. The fraction of sp³-hybridized carbons (Fsp3) is 0.929. The van der Waals surface area contributed by atoms with Crippen LogP contribution in [0.5, 0.6) is 0 Å². The molecule has 0 saturated carbocycles. The Bertz CT molecular complexity index is 2620. The van der Waals surface area contributed by atoms with E-state index in [4.69, 9.17) is 71.1 Å². The monoisotopic (exact) mass is 1460 g/mol. The number of aliphatic hydroxyl groups is 21. The van der Waals surface area contributed by atoms with Crippen molar-refractivity contribution in [3.05, 3.63) is 0 Å². The zero-order chi connectivity index (χ0) is 73.8. The molecule has 8 aliphatic rings. The van der Waals surface area contributed by atoms with Gasteiger partial charge in [-0.15, -0.1) is 0 Å². The molecular weight excluding hydrogens is 1370 g/mol. The van der Waals surface area contributed by atoms with Gasteiger partial charge in [-0.05, 0) is 6.92 Å². The molecule has 40 atom stereocenters. The Morgan fingerprint density at radius 1 is 0.280 bits per heavy atom. The third-order valence-corrected chi connectivity index (χ3v) is 18.2. The minimum atomic E-state index is -2.60. The van der Waals surface area contributed by atoms with Crippen LogP contribution in [0.25, 0.3) is 0 Å². The van der Waals surface area contributed by atoms with Crippen molar-refractivity contribution in [3.8, 4) is 0 Å². The van der Waals surface area contributed by atoms with Crippen molar-refractivity contribution in [1.29, 1.82) is 0 Å². The van der Waals surface area contributed by atoms with Gasteiger partial charge in [0, 0.05) is 27.7 Å². The van der Waals surface area contributed by atoms with E-state index in [0.29, 0.717) is 0 Å². The Morgan fingerprint density at radius 2 is 0.600 bits per heavy atom. The second kappa shape index (κ2) is 35.7. The number of aliphatic hydroxyl groups excluding tert-OH is 21. The Hall–Kier alpha value is -3.56. The van der Waals surface area contributed by atoms with E-state index in [1.807, 2.05) is 0 Å². The summed E-state index contributed by atoms with van der Waals surface area (Å²) < 4.78 is 90.1. The molecule has 8 saturated heterocycles. The van der Waals surface area contributed by atoms with E-state index < -0.39 is 315 Å². The molecule has 1 unspecified atom stereocenters. The maximum Gasteiger partial charge on any atom is 0.217 e. The van der Waals surface area contributed by atoms with Gasteiger partial charge in [-0.25, -0.2) is 0 Å². The molecule has 0 aromatic heterocycles. The number of amides is 4. The summed E-state index contributed by atoms with van der Waals surface area (Å²) in [6, 6.07) is -7.37. The van der Waals surface area contributed by atoms with Crippen LogP contribution in [0.2, 0.25) is 0 Å². The SMILES string of the molecule is CC(=O)N[C@H]1[C@H](O[C@H]2[C@H](O)[C@@H](NC(C)=O)C(O)O[C@@H]2CO[C@@H]2O[C@@H](C)[C@@H](O)[C@@H](O)[C@@H]2O)O[C@H](CO)[C@@H](O[C@@H]2O[C@H](CO[C@H]3O[C@H](CO)[C@@H](O)[C@H](O)[C@@H]3O)[C@@H](O[C@@H]3O[C@H](CO)[C@@H](O)[C@H](O)[C@H]3NC(C)=O)[C@H](O[C@H]3O[C@H](CO)[C@@H](O)[C@H](O)[C@@H]3O[C@@H]3O[C@H](CO)[C@@H](O)[C@H](O)[C@H]3NC(C)=O)[C@@H]2O)[C@@H]1O. The van der Waals surface area contributed by atoms with Crippen LogP contribution in [-0.4, -0.2) is 423 Å². The van der Waals surface area contributed by atoms with Gasteiger partial charge in [0.25, 0.3) is 0 Å². The minimum Gasteiger partial charge on any atom is -0.394 e. The predicted octanol–water partition coefficient (Wildman–Crippen LogP) is -16.8. The van der Waals surface area contributed by atoms with Gasteiger partial charge >= 0.3 is 0 Å². The molecule has 578 valence electrons. The van der Waals surface area contributed by atoms with E-state index in [-0.39, 0.29) is 0 Å². The van der Waals surface area contributed by atoms with Gasteiger partial charge in [0.05, 0.1) is 52.4 Å². The molecule has 8 aliphatic heterocycles. The molecule has 100 heavy (non-hydrogen) atoms. The van der Waals surface area contributed by atoms with Gasteiger partial charge in [-0.3, -0.25) is 19.2 Å². The summed E-state index contributed by atoms with van der Waals surface area (Å²) >= 11 is 0.